The van der Waals surface area contributed by atoms with Gasteiger partial charge in [-0.25, -0.2) is 0 Å². The Morgan fingerprint density at radius 2 is 2.13 bits per heavy atom. The van der Waals surface area contributed by atoms with Crippen molar-refractivity contribution in [1.82, 2.24) is 4.90 Å². The number of para-hydroxylation sites is 1. The molecule has 124 valence electrons. The van der Waals surface area contributed by atoms with Crippen molar-refractivity contribution in [3.63, 3.8) is 0 Å². The molecule has 23 heavy (non-hydrogen) atoms. The SMILES string of the molecule is CN1/C(=C\C(=O)CN2CCCC(O)C2)C(C)(C)c2ccccc21. The summed E-state index contributed by atoms with van der Waals surface area (Å²) in [6.07, 6.45) is 3.30. The molecule has 1 atom stereocenters. The lowest BCUT2D eigenvalue weighted by Crippen LogP contribution is -2.41. The van der Waals surface area contributed by atoms with Gasteiger partial charge in [-0.1, -0.05) is 32.0 Å². The topological polar surface area (TPSA) is 43.8 Å². The number of rotatable bonds is 3. The van der Waals surface area contributed by atoms with Crippen LogP contribution >= 0.6 is 0 Å². The second-order valence-corrected chi connectivity index (χ2v) is 7.23. The number of carbonyl (C=O) groups excluding carboxylic acids is 1. The van der Waals surface area contributed by atoms with Gasteiger partial charge in [-0.2, -0.15) is 0 Å². The van der Waals surface area contributed by atoms with Crippen LogP contribution in [0.3, 0.4) is 0 Å². The Morgan fingerprint density at radius 3 is 2.83 bits per heavy atom. The molecular weight excluding hydrogens is 288 g/mol. The molecule has 0 aromatic heterocycles. The summed E-state index contributed by atoms with van der Waals surface area (Å²) in [5.41, 5.74) is 3.31. The lowest BCUT2D eigenvalue weighted by molar-refractivity contribution is -0.116. The highest BCUT2D eigenvalue weighted by molar-refractivity contribution is 5.94. The average molecular weight is 314 g/mol. The minimum atomic E-state index is -0.293. The molecule has 1 N–H and O–H groups in total. The third-order valence-corrected chi connectivity index (χ3v) is 5.10. The first-order valence-electron chi connectivity index (χ1n) is 8.38. The van der Waals surface area contributed by atoms with Gasteiger partial charge in [-0.3, -0.25) is 9.69 Å². The minimum absolute atomic E-state index is 0.113. The summed E-state index contributed by atoms with van der Waals surface area (Å²) in [5.74, 6) is 0.113. The molecule has 2 heterocycles. The van der Waals surface area contributed by atoms with Crippen molar-refractivity contribution in [1.29, 1.82) is 0 Å². The Bertz CT molecular complexity index is 636. The summed E-state index contributed by atoms with van der Waals surface area (Å²) in [7, 11) is 2.03. The van der Waals surface area contributed by atoms with Gasteiger partial charge in [0.05, 0.1) is 12.6 Å². The number of fused-ring (bicyclic) bond motifs is 1. The second kappa shape index (κ2) is 6.10. The number of likely N-dealkylation sites (tertiary alicyclic amines) is 1. The zero-order valence-electron chi connectivity index (χ0n) is 14.2. The number of nitrogens with zero attached hydrogens (tertiary/aromatic N) is 2. The number of likely N-dealkylation sites (N-methyl/N-ethyl adjacent to an activating group) is 1. The lowest BCUT2D eigenvalue weighted by atomic mass is 9.83. The Kier molecular flexibility index (Phi) is 4.30. The third-order valence-electron chi connectivity index (χ3n) is 5.10. The number of aliphatic hydroxyl groups is 1. The van der Waals surface area contributed by atoms with Crippen molar-refractivity contribution < 1.29 is 9.90 Å². The van der Waals surface area contributed by atoms with Gasteiger partial charge in [0.25, 0.3) is 0 Å². The molecule has 0 saturated carbocycles. The van der Waals surface area contributed by atoms with Crippen LogP contribution in [0.5, 0.6) is 0 Å². The number of hydrogen-bond donors (Lipinski definition) is 1. The number of ketones is 1. The maximum Gasteiger partial charge on any atom is 0.171 e. The first kappa shape index (κ1) is 16.2. The van der Waals surface area contributed by atoms with Crippen molar-refractivity contribution in [2.24, 2.45) is 0 Å². The van der Waals surface area contributed by atoms with Crippen LogP contribution in [-0.2, 0) is 10.2 Å². The summed E-state index contributed by atoms with van der Waals surface area (Å²) >= 11 is 0. The fourth-order valence-electron chi connectivity index (χ4n) is 3.85. The molecule has 1 fully saturated rings. The Hall–Kier alpha value is -1.65. The van der Waals surface area contributed by atoms with E-state index < -0.39 is 0 Å². The van der Waals surface area contributed by atoms with Crippen LogP contribution in [0.2, 0.25) is 0 Å². The highest BCUT2D eigenvalue weighted by Crippen LogP contribution is 2.46. The molecule has 2 aliphatic heterocycles. The number of carbonyl (C=O) groups is 1. The molecule has 1 unspecified atom stereocenters. The molecular formula is C19H26N2O2. The fraction of sp³-hybridized carbons (Fsp3) is 0.526. The van der Waals surface area contributed by atoms with Gasteiger partial charge in [0, 0.05) is 36.5 Å². The molecule has 1 aromatic rings. The van der Waals surface area contributed by atoms with Crippen LogP contribution in [0.4, 0.5) is 5.69 Å². The van der Waals surface area contributed by atoms with Gasteiger partial charge in [0.2, 0.25) is 0 Å². The number of β-amino-alcohol motifs (C(OH)–C–C–N with tert-alkyl or cyclic N) is 1. The fourth-order valence-corrected chi connectivity index (χ4v) is 3.85. The molecule has 4 heteroatoms. The van der Waals surface area contributed by atoms with Crippen LogP contribution in [0, 0.1) is 0 Å². The molecule has 0 bridgehead atoms. The zero-order valence-corrected chi connectivity index (χ0v) is 14.2. The van der Waals surface area contributed by atoms with Crippen molar-refractivity contribution in [2.45, 2.75) is 38.2 Å². The van der Waals surface area contributed by atoms with Crippen molar-refractivity contribution in [2.75, 3.05) is 31.6 Å². The standard InChI is InChI=1S/C19H26N2O2/c1-19(2)16-8-4-5-9-17(16)20(3)18(19)11-15(23)13-21-10-6-7-14(22)12-21/h4-5,8-9,11,14,22H,6-7,10,12-13H2,1-3H3/b18-11-. The molecule has 2 aliphatic rings. The van der Waals surface area contributed by atoms with E-state index in [2.05, 4.69) is 35.8 Å². The number of hydrogen-bond acceptors (Lipinski definition) is 4. The number of piperidine rings is 1. The Labute approximate surface area is 138 Å². The summed E-state index contributed by atoms with van der Waals surface area (Å²) in [6.45, 7) is 6.22. The minimum Gasteiger partial charge on any atom is -0.392 e. The van der Waals surface area contributed by atoms with E-state index in [-0.39, 0.29) is 17.3 Å². The third kappa shape index (κ3) is 3.06. The summed E-state index contributed by atoms with van der Waals surface area (Å²) in [4.78, 5) is 16.7. The van der Waals surface area contributed by atoms with Gasteiger partial charge < -0.3 is 10.0 Å². The van der Waals surface area contributed by atoms with Crippen LogP contribution in [0.15, 0.2) is 36.0 Å². The largest absolute Gasteiger partial charge is 0.392 e. The maximum absolute atomic E-state index is 12.5. The van der Waals surface area contributed by atoms with Crippen molar-refractivity contribution in [3.8, 4) is 0 Å². The molecule has 1 aromatic carbocycles. The predicted octanol–water partition coefficient (Wildman–Crippen LogP) is 2.32. The van der Waals surface area contributed by atoms with Crippen LogP contribution in [0.25, 0.3) is 0 Å². The van der Waals surface area contributed by atoms with E-state index in [0.717, 1.165) is 25.1 Å². The summed E-state index contributed by atoms with van der Waals surface area (Å²) < 4.78 is 0. The van der Waals surface area contributed by atoms with E-state index in [9.17, 15) is 9.90 Å². The van der Waals surface area contributed by atoms with Crippen LogP contribution in [-0.4, -0.2) is 48.6 Å². The van der Waals surface area contributed by atoms with E-state index in [1.54, 1.807) is 6.08 Å². The van der Waals surface area contributed by atoms with E-state index in [1.807, 2.05) is 19.2 Å². The van der Waals surface area contributed by atoms with E-state index in [4.69, 9.17) is 0 Å². The van der Waals surface area contributed by atoms with E-state index in [0.29, 0.717) is 13.1 Å². The first-order valence-corrected chi connectivity index (χ1v) is 8.38. The van der Waals surface area contributed by atoms with E-state index >= 15 is 0 Å². The Balaban J connectivity index is 1.78. The van der Waals surface area contributed by atoms with Crippen molar-refractivity contribution in [3.05, 3.63) is 41.6 Å². The molecule has 4 nitrogen and oxygen atoms in total. The molecule has 0 amide bonds. The normalized spacial score (nSPS) is 25.7. The highest BCUT2D eigenvalue weighted by Gasteiger charge is 2.38. The van der Waals surface area contributed by atoms with Gasteiger partial charge in [-0.05, 0) is 31.0 Å². The van der Waals surface area contributed by atoms with E-state index in [1.165, 1.54) is 11.3 Å². The predicted molar refractivity (Wildman–Crippen MR) is 92.6 cm³/mol. The quantitative estimate of drug-likeness (QED) is 0.870. The molecule has 3 rings (SSSR count). The average Bonchev–Trinajstić information content (AvgIpc) is 2.69. The lowest BCUT2D eigenvalue weighted by Gasteiger charge is -2.29. The smallest absolute Gasteiger partial charge is 0.171 e. The number of aliphatic hydroxyl groups excluding tert-OH is 1. The first-order chi connectivity index (χ1) is 10.9. The Morgan fingerprint density at radius 1 is 1.39 bits per heavy atom. The molecule has 0 aliphatic carbocycles. The van der Waals surface area contributed by atoms with Crippen LogP contribution in [0.1, 0.15) is 32.3 Å². The molecule has 0 spiro atoms. The van der Waals surface area contributed by atoms with Crippen LogP contribution < -0.4 is 4.90 Å². The van der Waals surface area contributed by atoms with Gasteiger partial charge in [-0.15, -0.1) is 0 Å². The van der Waals surface area contributed by atoms with Gasteiger partial charge >= 0.3 is 0 Å². The summed E-state index contributed by atoms with van der Waals surface area (Å²) in [6, 6.07) is 8.32. The van der Waals surface area contributed by atoms with Gasteiger partial charge in [0.15, 0.2) is 5.78 Å². The zero-order chi connectivity index (χ0) is 16.6. The number of anilines is 1. The van der Waals surface area contributed by atoms with Gasteiger partial charge in [0.1, 0.15) is 0 Å². The van der Waals surface area contributed by atoms with Crippen molar-refractivity contribution >= 4 is 11.5 Å². The maximum atomic E-state index is 12.5. The second-order valence-electron chi connectivity index (χ2n) is 7.23. The number of benzene rings is 1. The highest BCUT2D eigenvalue weighted by atomic mass is 16.3. The monoisotopic (exact) mass is 314 g/mol. The molecule has 1 saturated heterocycles. The summed E-state index contributed by atoms with van der Waals surface area (Å²) in [5, 5.41) is 9.74. The number of allylic oxidation sites excluding steroid dienone is 1. The molecule has 0 radical (unpaired) electrons.